The van der Waals surface area contributed by atoms with Crippen LogP contribution in [0.5, 0.6) is 5.75 Å². The Labute approximate surface area is 178 Å². The third-order valence-electron chi connectivity index (χ3n) is 4.55. The SMILES string of the molecule is O=c1c(-c2ccccc2)c(-c2ccc(Cl)c(Cl)c2)[nH]n1CCOc1ccccc1. The minimum atomic E-state index is -0.117. The third-order valence-corrected chi connectivity index (χ3v) is 5.29. The normalized spacial score (nSPS) is 10.8. The number of ether oxygens (including phenoxy) is 1. The molecule has 0 bridgehead atoms. The van der Waals surface area contributed by atoms with Gasteiger partial charge in [0.05, 0.1) is 27.8 Å². The molecule has 146 valence electrons. The van der Waals surface area contributed by atoms with E-state index in [4.69, 9.17) is 27.9 Å². The Balaban J connectivity index is 1.70. The van der Waals surface area contributed by atoms with E-state index in [0.717, 1.165) is 16.9 Å². The van der Waals surface area contributed by atoms with Gasteiger partial charge in [-0.2, -0.15) is 0 Å². The second-order valence-electron chi connectivity index (χ2n) is 6.48. The maximum Gasteiger partial charge on any atom is 0.275 e. The van der Waals surface area contributed by atoms with E-state index in [9.17, 15) is 4.79 Å². The molecule has 1 aromatic heterocycles. The summed E-state index contributed by atoms with van der Waals surface area (Å²) in [6.45, 7) is 0.744. The van der Waals surface area contributed by atoms with Gasteiger partial charge in [0, 0.05) is 5.56 Å². The third kappa shape index (κ3) is 4.24. The summed E-state index contributed by atoms with van der Waals surface area (Å²) in [5.41, 5.74) is 2.78. The molecule has 1 heterocycles. The van der Waals surface area contributed by atoms with Crippen molar-refractivity contribution in [3.05, 3.63) is 99.3 Å². The minimum absolute atomic E-state index is 0.117. The molecule has 0 spiro atoms. The number of benzene rings is 3. The number of nitrogens with one attached hydrogen (secondary N) is 1. The first-order chi connectivity index (χ1) is 14.1. The predicted octanol–water partition coefficient (Wildman–Crippen LogP) is 5.90. The van der Waals surface area contributed by atoms with Gasteiger partial charge in [0.2, 0.25) is 0 Å². The van der Waals surface area contributed by atoms with Gasteiger partial charge in [-0.1, -0.05) is 77.8 Å². The van der Waals surface area contributed by atoms with Gasteiger partial charge >= 0.3 is 0 Å². The number of hydrogen-bond acceptors (Lipinski definition) is 2. The molecule has 3 aromatic carbocycles. The summed E-state index contributed by atoms with van der Waals surface area (Å²) in [5, 5.41) is 4.12. The molecule has 0 atom stereocenters. The van der Waals surface area contributed by atoms with Crippen molar-refractivity contribution in [3.63, 3.8) is 0 Å². The van der Waals surface area contributed by atoms with Crippen LogP contribution in [-0.2, 0) is 6.54 Å². The van der Waals surface area contributed by atoms with Gasteiger partial charge in [0.15, 0.2) is 0 Å². The highest BCUT2D eigenvalue weighted by Crippen LogP contribution is 2.32. The summed E-state index contributed by atoms with van der Waals surface area (Å²) < 4.78 is 7.30. The first-order valence-corrected chi connectivity index (χ1v) is 9.90. The lowest BCUT2D eigenvalue weighted by molar-refractivity contribution is 0.289. The molecule has 0 saturated heterocycles. The zero-order chi connectivity index (χ0) is 20.2. The van der Waals surface area contributed by atoms with Crippen LogP contribution in [0.2, 0.25) is 10.0 Å². The van der Waals surface area contributed by atoms with Crippen LogP contribution in [0.15, 0.2) is 83.7 Å². The number of aromatic amines is 1. The Kier molecular flexibility index (Phi) is 5.74. The average molecular weight is 425 g/mol. The Morgan fingerprint density at radius 3 is 2.21 bits per heavy atom. The molecule has 1 N–H and O–H groups in total. The topological polar surface area (TPSA) is 47.0 Å². The van der Waals surface area contributed by atoms with Crippen molar-refractivity contribution in [1.82, 2.24) is 9.78 Å². The predicted molar refractivity (Wildman–Crippen MR) is 118 cm³/mol. The van der Waals surface area contributed by atoms with E-state index < -0.39 is 0 Å². The molecular formula is C23H18Cl2N2O2. The van der Waals surface area contributed by atoms with Gasteiger partial charge in [0.25, 0.3) is 5.56 Å². The zero-order valence-corrected chi connectivity index (χ0v) is 17.0. The number of rotatable bonds is 6. The minimum Gasteiger partial charge on any atom is -0.492 e. The summed E-state index contributed by atoms with van der Waals surface area (Å²) >= 11 is 12.3. The molecule has 0 aliphatic carbocycles. The first kappa shape index (κ1) is 19.4. The Morgan fingerprint density at radius 2 is 1.52 bits per heavy atom. The Morgan fingerprint density at radius 1 is 0.828 bits per heavy atom. The summed E-state index contributed by atoms with van der Waals surface area (Å²) in [7, 11) is 0. The second kappa shape index (κ2) is 8.60. The van der Waals surface area contributed by atoms with Crippen molar-refractivity contribution < 1.29 is 4.74 Å². The molecular weight excluding hydrogens is 407 g/mol. The molecule has 0 unspecified atom stereocenters. The molecule has 0 aliphatic heterocycles. The first-order valence-electron chi connectivity index (χ1n) is 9.15. The fraction of sp³-hybridized carbons (Fsp3) is 0.0870. The monoisotopic (exact) mass is 424 g/mol. The van der Waals surface area contributed by atoms with Crippen LogP contribution in [-0.4, -0.2) is 16.4 Å². The van der Waals surface area contributed by atoms with E-state index in [1.54, 1.807) is 16.8 Å². The summed E-state index contributed by atoms with van der Waals surface area (Å²) in [4.78, 5) is 13.2. The van der Waals surface area contributed by atoms with Gasteiger partial charge in [-0.15, -0.1) is 0 Å². The molecule has 29 heavy (non-hydrogen) atoms. The van der Waals surface area contributed by atoms with E-state index in [0.29, 0.717) is 34.5 Å². The maximum absolute atomic E-state index is 13.2. The van der Waals surface area contributed by atoms with Gasteiger partial charge < -0.3 is 4.74 Å². The van der Waals surface area contributed by atoms with Crippen molar-refractivity contribution in [3.8, 4) is 28.1 Å². The number of nitrogens with zero attached hydrogens (tertiary/aromatic N) is 1. The fourth-order valence-electron chi connectivity index (χ4n) is 3.15. The summed E-state index contributed by atoms with van der Waals surface area (Å²) in [5.74, 6) is 0.764. The van der Waals surface area contributed by atoms with E-state index in [-0.39, 0.29) is 5.56 Å². The maximum atomic E-state index is 13.2. The Hall–Kier alpha value is -2.95. The molecule has 6 heteroatoms. The van der Waals surface area contributed by atoms with Crippen molar-refractivity contribution in [2.24, 2.45) is 0 Å². The van der Waals surface area contributed by atoms with Gasteiger partial charge in [-0.05, 0) is 29.8 Å². The van der Waals surface area contributed by atoms with Crippen LogP contribution in [0.1, 0.15) is 0 Å². The van der Waals surface area contributed by atoms with Crippen molar-refractivity contribution in [1.29, 1.82) is 0 Å². The van der Waals surface area contributed by atoms with Crippen LogP contribution in [0.25, 0.3) is 22.4 Å². The highest BCUT2D eigenvalue weighted by Gasteiger charge is 2.18. The van der Waals surface area contributed by atoms with Crippen LogP contribution < -0.4 is 10.3 Å². The van der Waals surface area contributed by atoms with E-state index in [1.165, 1.54) is 0 Å². The highest BCUT2D eigenvalue weighted by molar-refractivity contribution is 6.42. The fourth-order valence-corrected chi connectivity index (χ4v) is 3.44. The molecule has 0 amide bonds. The number of hydrogen-bond donors (Lipinski definition) is 1. The average Bonchev–Trinajstić information content (AvgIpc) is 3.08. The molecule has 0 fully saturated rings. The molecule has 0 saturated carbocycles. The summed E-state index contributed by atoms with van der Waals surface area (Å²) in [6.07, 6.45) is 0. The van der Waals surface area contributed by atoms with Gasteiger partial charge in [0.1, 0.15) is 12.4 Å². The van der Waals surface area contributed by atoms with Crippen LogP contribution in [0.4, 0.5) is 0 Å². The molecule has 4 aromatic rings. The molecule has 0 aliphatic rings. The zero-order valence-electron chi connectivity index (χ0n) is 15.4. The van der Waals surface area contributed by atoms with Crippen molar-refractivity contribution in [2.75, 3.05) is 6.61 Å². The van der Waals surface area contributed by atoms with Gasteiger partial charge in [-0.3, -0.25) is 9.89 Å². The summed E-state index contributed by atoms with van der Waals surface area (Å²) in [6, 6.07) is 24.4. The number of aromatic nitrogens is 2. The van der Waals surface area contributed by atoms with Crippen LogP contribution >= 0.6 is 23.2 Å². The molecule has 4 rings (SSSR count). The van der Waals surface area contributed by atoms with Crippen LogP contribution in [0.3, 0.4) is 0 Å². The largest absolute Gasteiger partial charge is 0.492 e. The molecule has 4 nitrogen and oxygen atoms in total. The van der Waals surface area contributed by atoms with Crippen molar-refractivity contribution in [2.45, 2.75) is 6.54 Å². The second-order valence-corrected chi connectivity index (χ2v) is 7.29. The highest BCUT2D eigenvalue weighted by atomic mass is 35.5. The smallest absolute Gasteiger partial charge is 0.275 e. The number of halogens is 2. The standard InChI is InChI=1S/C23H18Cl2N2O2/c24-19-12-11-17(15-20(19)25)22-21(16-7-3-1-4-8-16)23(28)27(26-22)13-14-29-18-9-5-2-6-10-18/h1-12,15,26H,13-14H2. The molecule has 0 radical (unpaired) electrons. The number of H-pyrrole nitrogens is 1. The lowest BCUT2D eigenvalue weighted by Gasteiger charge is -2.06. The van der Waals surface area contributed by atoms with E-state index in [2.05, 4.69) is 5.10 Å². The van der Waals surface area contributed by atoms with Crippen molar-refractivity contribution >= 4 is 23.2 Å². The lowest BCUT2D eigenvalue weighted by atomic mass is 10.0. The van der Waals surface area contributed by atoms with E-state index in [1.807, 2.05) is 66.7 Å². The lowest BCUT2D eigenvalue weighted by Crippen LogP contribution is -2.21. The quantitative estimate of drug-likeness (QED) is 0.418. The van der Waals surface area contributed by atoms with Gasteiger partial charge in [-0.25, -0.2) is 4.68 Å². The van der Waals surface area contributed by atoms with E-state index >= 15 is 0 Å². The Bertz CT molecular complexity index is 1170. The van der Waals surface area contributed by atoms with Crippen LogP contribution in [0, 0.1) is 0 Å². The number of para-hydroxylation sites is 1.